The molecule has 0 unspecified atom stereocenters. The summed E-state index contributed by atoms with van der Waals surface area (Å²) in [6.07, 6.45) is 1.48. The lowest BCUT2D eigenvalue weighted by atomic mass is 9.87. The van der Waals surface area contributed by atoms with E-state index in [2.05, 4.69) is 55.0 Å². The maximum absolute atomic E-state index is 5.83. The summed E-state index contributed by atoms with van der Waals surface area (Å²) in [5, 5.41) is 1.33. The van der Waals surface area contributed by atoms with Crippen molar-refractivity contribution in [3.8, 4) is 0 Å². The molecule has 0 aliphatic rings. The van der Waals surface area contributed by atoms with Gasteiger partial charge in [-0.05, 0) is 23.1 Å². The summed E-state index contributed by atoms with van der Waals surface area (Å²) in [6, 6.07) is 10.3. The average Bonchev–Trinajstić information content (AvgIpc) is 2.28. The zero-order valence-corrected chi connectivity index (χ0v) is 12.2. The summed E-state index contributed by atoms with van der Waals surface area (Å²) in [5.41, 5.74) is 1.51. The molecule has 0 atom stereocenters. The Morgan fingerprint density at radius 1 is 1.06 bits per heavy atom. The Bertz CT molecular complexity index is 532. The van der Waals surface area contributed by atoms with Gasteiger partial charge in [0, 0.05) is 11.0 Å². The Balaban J connectivity index is 2.16. The molecule has 2 nitrogen and oxygen atoms in total. The Kier molecular flexibility index (Phi) is 3.93. The first-order chi connectivity index (χ1) is 8.45. The summed E-state index contributed by atoms with van der Waals surface area (Å²) in [7, 11) is 0. The first kappa shape index (κ1) is 13.4. The topological polar surface area (TPSA) is 25.8 Å². The van der Waals surface area contributed by atoms with Gasteiger partial charge < -0.3 is 0 Å². The lowest BCUT2D eigenvalue weighted by Gasteiger charge is -2.18. The molecule has 1 aromatic heterocycles. The van der Waals surface area contributed by atoms with Crippen LogP contribution in [0.3, 0.4) is 0 Å². The van der Waals surface area contributed by atoms with Crippen molar-refractivity contribution in [2.45, 2.75) is 36.1 Å². The van der Waals surface area contributed by atoms with E-state index in [1.807, 2.05) is 0 Å². The second kappa shape index (κ2) is 5.29. The van der Waals surface area contributed by atoms with Crippen molar-refractivity contribution in [2.24, 2.45) is 0 Å². The number of hydrogen-bond acceptors (Lipinski definition) is 3. The van der Waals surface area contributed by atoms with Gasteiger partial charge in [-0.2, -0.15) is 0 Å². The van der Waals surface area contributed by atoms with E-state index in [1.54, 1.807) is 17.8 Å². The Labute approximate surface area is 117 Å². The third kappa shape index (κ3) is 3.47. The van der Waals surface area contributed by atoms with Crippen LogP contribution in [0.4, 0.5) is 0 Å². The molecule has 0 amide bonds. The smallest absolute Gasteiger partial charge is 0.133 e. The fourth-order valence-electron chi connectivity index (χ4n) is 1.52. The van der Waals surface area contributed by atoms with Crippen LogP contribution >= 0.6 is 23.4 Å². The van der Waals surface area contributed by atoms with Crippen molar-refractivity contribution < 1.29 is 0 Å². The zero-order valence-electron chi connectivity index (χ0n) is 10.6. The highest BCUT2D eigenvalue weighted by Crippen LogP contribution is 2.29. The van der Waals surface area contributed by atoms with Crippen LogP contribution in [0.5, 0.6) is 0 Å². The van der Waals surface area contributed by atoms with Crippen molar-refractivity contribution in [3.63, 3.8) is 0 Å². The van der Waals surface area contributed by atoms with Crippen LogP contribution in [-0.2, 0) is 5.41 Å². The summed E-state index contributed by atoms with van der Waals surface area (Å²) in [6.45, 7) is 6.62. The third-order valence-corrected chi connectivity index (χ3v) is 3.70. The van der Waals surface area contributed by atoms with Gasteiger partial charge in [-0.1, -0.05) is 56.3 Å². The monoisotopic (exact) mass is 278 g/mol. The van der Waals surface area contributed by atoms with Crippen LogP contribution in [0.1, 0.15) is 26.3 Å². The van der Waals surface area contributed by atoms with Gasteiger partial charge in [0.05, 0.1) is 0 Å². The molecule has 0 saturated carbocycles. The largest absolute Gasteiger partial charge is 0.230 e. The predicted octanol–water partition coefficient (Wildman–Crippen LogP) is 4.58. The fourth-order valence-corrected chi connectivity index (χ4v) is 2.51. The van der Waals surface area contributed by atoms with Gasteiger partial charge >= 0.3 is 0 Å². The van der Waals surface area contributed by atoms with E-state index in [4.69, 9.17) is 11.6 Å². The maximum atomic E-state index is 5.83. The SMILES string of the molecule is CC(C)(C)c1ccc(Sc2cc(Cl)ncn2)cc1. The summed E-state index contributed by atoms with van der Waals surface area (Å²) in [5.74, 6) is 0. The van der Waals surface area contributed by atoms with Crippen LogP contribution in [0.25, 0.3) is 0 Å². The Hall–Kier alpha value is -1.06. The highest BCUT2D eigenvalue weighted by Gasteiger charge is 2.13. The first-order valence-electron chi connectivity index (χ1n) is 5.71. The van der Waals surface area contributed by atoms with Crippen LogP contribution < -0.4 is 0 Å². The summed E-state index contributed by atoms with van der Waals surface area (Å²) in [4.78, 5) is 9.19. The molecule has 2 aromatic rings. The molecule has 94 valence electrons. The van der Waals surface area contributed by atoms with Crippen molar-refractivity contribution in [3.05, 3.63) is 47.4 Å². The van der Waals surface area contributed by atoms with E-state index in [1.165, 1.54) is 11.9 Å². The summed E-state index contributed by atoms with van der Waals surface area (Å²) < 4.78 is 0. The molecule has 0 aliphatic carbocycles. The lowest BCUT2D eigenvalue weighted by Crippen LogP contribution is -2.10. The average molecular weight is 279 g/mol. The molecule has 0 fully saturated rings. The molecule has 1 aromatic carbocycles. The van der Waals surface area contributed by atoms with Gasteiger partial charge in [-0.25, -0.2) is 9.97 Å². The molecule has 4 heteroatoms. The van der Waals surface area contributed by atoms with Crippen LogP contribution in [0.2, 0.25) is 5.15 Å². The van der Waals surface area contributed by atoms with E-state index >= 15 is 0 Å². The molecule has 0 N–H and O–H groups in total. The van der Waals surface area contributed by atoms with E-state index in [0.29, 0.717) is 5.15 Å². The highest BCUT2D eigenvalue weighted by atomic mass is 35.5. The lowest BCUT2D eigenvalue weighted by molar-refractivity contribution is 0.590. The van der Waals surface area contributed by atoms with Crippen molar-refractivity contribution in [1.82, 2.24) is 9.97 Å². The molecule has 0 aliphatic heterocycles. The quantitative estimate of drug-likeness (QED) is 0.752. The second-order valence-corrected chi connectivity index (χ2v) is 6.54. The number of benzene rings is 1. The molecule has 18 heavy (non-hydrogen) atoms. The van der Waals surface area contributed by atoms with Gasteiger partial charge in [0.25, 0.3) is 0 Å². The molecular formula is C14H15ClN2S. The number of halogens is 1. The van der Waals surface area contributed by atoms with Crippen molar-refractivity contribution in [2.75, 3.05) is 0 Å². The molecule has 1 heterocycles. The molecule has 0 bridgehead atoms. The fraction of sp³-hybridized carbons (Fsp3) is 0.286. The zero-order chi connectivity index (χ0) is 13.2. The minimum absolute atomic E-state index is 0.182. The maximum Gasteiger partial charge on any atom is 0.133 e. The Morgan fingerprint density at radius 3 is 2.28 bits per heavy atom. The molecular weight excluding hydrogens is 264 g/mol. The van der Waals surface area contributed by atoms with Crippen molar-refractivity contribution >= 4 is 23.4 Å². The van der Waals surface area contributed by atoms with Gasteiger partial charge in [0.1, 0.15) is 16.5 Å². The van der Waals surface area contributed by atoms with Crippen LogP contribution in [-0.4, -0.2) is 9.97 Å². The summed E-state index contributed by atoms with van der Waals surface area (Å²) >= 11 is 7.42. The van der Waals surface area contributed by atoms with Crippen molar-refractivity contribution in [1.29, 1.82) is 0 Å². The van der Waals surface area contributed by atoms with E-state index in [-0.39, 0.29) is 5.41 Å². The normalized spacial score (nSPS) is 11.6. The van der Waals surface area contributed by atoms with Gasteiger partial charge in [0.2, 0.25) is 0 Å². The standard InChI is InChI=1S/C14H15ClN2S/c1-14(2,3)10-4-6-11(7-5-10)18-13-8-12(15)16-9-17-13/h4-9H,1-3H3. The third-order valence-electron chi connectivity index (χ3n) is 2.55. The molecule has 0 spiro atoms. The highest BCUT2D eigenvalue weighted by molar-refractivity contribution is 7.99. The number of hydrogen-bond donors (Lipinski definition) is 0. The van der Waals surface area contributed by atoms with Gasteiger partial charge in [0.15, 0.2) is 0 Å². The van der Waals surface area contributed by atoms with E-state index < -0.39 is 0 Å². The minimum Gasteiger partial charge on any atom is -0.230 e. The van der Waals surface area contributed by atoms with Gasteiger partial charge in [-0.3, -0.25) is 0 Å². The van der Waals surface area contributed by atoms with Crippen LogP contribution in [0, 0.1) is 0 Å². The van der Waals surface area contributed by atoms with E-state index in [9.17, 15) is 0 Å². The van der Waals surface area contributed by atoms with Crippen LogP contribution in [0.15, 0.2) is 46.6 Å². The van der Waals surface area contributed by atoms with E-state index in [0.717, 1.165) is 9.92 Å². The number of nitrogens with zero attached hydrogens (tertiary/aromatic N) is 2. The number of rotatable bonds is 2. The van der Waals surface area contributed by atoms with Gasteiger partial charge in [-0.15, -0.1) is 0 Å². The second-order valence-electron chi connectivity index (χ2n) is 5.06. The Morgan fingerprint density at radius 2 is 1.72 bits per heavy atom. The molecule has 2 rings (SSSR count). The molecule has 0 radical (unpaired) electrons. The molecule has 0 saturated heterocycles. The number of aromatic nitrogens is 2. The predicted molar refractivity (Wildman–Crippen MR) is 76.3 cm³/mol. The minimum atomic E-state index is 0.182. The first-order valence-corrected chi connectivity index (χ1v) is 6.90.